The van der Waals surface area contributed by atoms with E-state index in [0.29, 0.717) is 10.8 Å². The number of nitrogens with zero attached hydrogens (tertiary/aromatic N) is 3. The van der Waals surface area contributed by atoms with Gasteiger partial charge in [0, 0.05) is 17.2 Å². The average molecular weight is 324 g/mol. The van der Waals surface area contributed by atoms with E-state index < -0.39 is 0 Å². The van der Waals surface area contributed by atoms with Crippen molar-refractivity contribution in [3.63, 3.8) is 0 Å². The van der Waals surface area contributed by atoms with Crippen LogP contribution in [0.15, 0.2) is 28.4 Å². The summed E-state index contributed by atoms with van der Waals surface area (Å²) in [5.74, 6) is 6.93. The first-order valence-electron chi connectivity index (χ1n) is 6.46. The van der Waals surface area contributed by atoms with Gasteiger partial charge in [-0.1, -0.05) is 32.4 Å². The predicted octanol–water partition coefficient (Wildman–Crippen LogP) is 3.57. The van der Waals surface area contributed by atoms with Crippen LogP contribution in [0.5, 0.6) is 0 Å². The Kier molecular flexibility index (Phi) is 4.70. The highest BCUT2D eigenvalue weighted by Crippen LogP contribution is 2.32. The lowest BCUT2D eigenvalue weighted by molar-refractivity contribution is 0.538. The lowest BCUT2D eigenvalue weighted by Crippen LogP contribution is -2.20. The quantitative estimate of drug-likeness (QED) is 0.511. The molecule has 0 spiro atoms. The van der Waals surface area contributed by atoms with Crippen molar-refractivity contribution in [1.82, 2.24) is 15.0 Å². The third kappa shape index (κ3) is 3.84. The van der Waals surface area contributed by atoms with Crippen LogP contribution in [0, 0.1) is 6.92 Å². The summed E-state index contributed by atoms with van der Waals surface area (Å²) in [6, 6.07) is 3.67. The number of rotatable bonds is 3. The molecule has 2 rings (SSSR count). The van der Waals surface area contributed by atoms with Crippen LogP contribution in [0.3, 0.4) is 0 Å². The molecule has 0 aliphatic heterocycles. The van der Waals surface area contributed by atoms with Gasteiger partial charge in [-0.15, -0.1) is 0 Å². The summed E-state index contributed by atoms with van der Waals surface area (Å²) in [7, 11) is 0. The van der Waals surface area contributed by atoms with Gasteiger partial charge >= 0.3 is 0 Å². The molecule has 0 fully saturated rings. The summed E-state index contributed by atoms with van der Waals surface area (Å²) in [4.78, 5) is 13.4. The van der Waals surface area contributed by atoms with Crippen molar-refractivity contribution >= 4 is 29.2 Å². The number of aromatic nitrogens is 3. The summed E-state index contributed by atoms with van der Waals surface area (Å²) in [5, 5.41) is 2.26. The number of nitrogen functional groups attached to an aromatic ring is 1. The van der Waals surface area contributed by atoms with Crippen LogP contribution in [-0.2, 0) is 5.41 Å². The minimum atomic E-state index is -0.165. The number of anilines is 1. The molecule has 0 saturated carbocycles. The highest BCUT2D eigenvalue weighted by Gasteiger charge is 2.21. The molecule has 2 aromatic rings. The van der Waals surface area contributed by atoms with Crippen molar-refractivity contribution < 1.29 is 0 Å². The van der Waals surface area contributed by atoms with Gasteiger partial charge in [0.1, 0.15) is 21.7 Å². The number of nitrogens with one attached hydrogen (secondary N) is 1. The molecule has 0 aliphatic rings. The highest BCUT2D eigenvalue weighted by molar-refractivity contribution is 7.99. The second kappa shape index (κ2) is 6.17. The molecule has 0 amide bonds. The number of hydrogen-bond acceptors (Lipinski definition) is 6. The Hall–Kier alpha value is -1.37. The Balaban J connectivity index is 2.44. The second-order valence-electron chi connectivity index (χ2n) is 5.64. The standard InChI is InChI=1S/C14H18ClN5S/c1-8-11(20-16)18-13(14(2,3)4)19-12(8)21-10-6-5-9(15)7-17-10/h5-7H,16H2,1-4H3,(H,18,19,20). The van der Waals surface area contributed by atoms with Gasteiger partial charge < -0.3 is 5.43 Å². The summed E-state index contributed by atoms with van der Waals surface area (Å²) < 4.78 is 0. The van der Waals surface area contributed by atoms with Crippen LogP contribution < -0.4 is 11.3 Å². The molecule has 3 N–H and O–H groups in total. The fourth-order valence-corrected chi connectivity index (χ4v) is 2.53. The summed E-state index contributed by atoms with van der Waals surface area (Å²) >= 11 is 7.32. The van der Waals surface area contributed by atoms with E-state index in [-0.39, 0.29) is 5.41 Å². The molecule has 7 heteroatoms. The summed E-state index contributed by atoms with van der Waals surface area (Å²) in [6.45, 7) is 8.12. The van der Waals surface area contributed by atoms with Gasteiger partial charge in [-0.25, -0.2) is 20.8 Å². The zero-order valence-electron chi connectivity index (χ0n) is 12.4. The van der Waals surface area contributed by atoms with Crippen LogP contribution in [0.1, 0.15) is 32.2 Å². The fourth-order valence-electron chi connectivity index (χ4n) is 1.59. The molecule has 2 aromatic heterocycles. The zero-order valence-corrected chi connectivity index (χ0v) is 14.0. The summed E-state index contributed by atoms with van der Waals surface area (Å²) in [6.07, 6.45) is 1.62. The van der Waals surface area contributed by atoms with E-state index >= 15 is 0 Å². The second-order valence-corrected chi connectivity index (χ2v) is 7.08. The molecule has 0 bridgehead atoms. The van der Waals surface area contributed by atoms with Gasteiger partial charge in [0.05, 0.1) is 5.02 Å². The molecule has 21 heavy (non-hydrogen) atoms. The Bertz CT molecular complexity index is 637. The molecule has 0 radical (unpaired) electrons. The normalized spacial score (nSPS) is 11.5. The van der Waals surface area contributed by atoms with Crippen molar-refractivity contribution in [2.75, 3.05) is 5.43 Å². The Morgan fingerprint density at radius 3 is 2.48 bits per heavy atom. The number of hydrogen-bond donors (Lipinski definition) is 2. The predicted molar refractivity (Wildman–Crippen MR) is 86.6 cm³/mol. The smallest absolute Gasteiger partial charge is 0.147 e. The number of halogens is 1. The first-order valence-corrected chi connectivity index (χ1v) is 7.66. The molecule has 0 saturated heterocycles. The van der Waals surface area contributed by atoms with Crippen LogP contribution in [0.2, 0.25) is 5.02 Å². The number of hydrazine groups is 1. The lowest BCUT2D eigenvalue weighted by atomic mass is 9.95. The first kappa shape index (κ1) is 16.0. The largest absolute Gasteiger partial charge is 0.308 e. The number of nitrogens with two attached hydrogens (primary N) is 1. The van der Waals surface area contributed by atoms with Gasteiger partial charge in [0.15, 0.2) is 0 Å². The molecule has 0 aromatic carbocycles. The molecular weight excluding hydrogens is 306 g/mol. The average Bonchev–Trinajstić information content (AvgIpc) is 2.42. The molecule has 0 aliphatic carbocycles. The minimum Gasteiger partial charge on any atom is -0.308 e. The van der Waals surface area contributed by atoms with Gasteiger partial charge in [-0.05, 0) is 30.8 Å². The highest BCUT2D eigenvalue weighted by atomic mass is 35.5. The maximum absolute atomic E-state index is 5.85. The third-order valence-corrected chi connectivity index (χ3v) is 4.08. The molecule has 0 unspecified atom stereocenters. The van der Waals surface area contributed by atoms with E-state index in [2.05, 4.69) is 41.1 Å². The topological polar surface area (TPSA) is 76.7 Å². The zero-order chi connectivity index (χ0) is 15.6. The van der Waals surface area contributed by atoms with E-state index in [0.717, 1.165) is 21.4 Å². The van der Waals surface area contributed by atoms with Crippen LogP contribution >= 0.6 is 23.4 Å². The number of pyridine rings is 1. The van der Waals surface area contributed by atoms with Gasteiger partial charge in [-0.3, -0.25) is 0 Å². The molecule has 5 nitrogen and oxygen atoms in total. The van der Waals surface area contributed by atoms with Gasteiger partial charge in [0.2, 0.25) is 0 Å². The van der Waals surface area contributed by atoms with Crippen LogP contribution in [0.25, 0.3) is 0 Å². The van der Waals surface area contributed by atoms with E-state index in [1.807, 2.05) is 13.0 Å². The molecule has 0 atom stereocenters. The van der Waals surface area contributed by atoms with E-state index in [9.17, 15) is 0 Å². The van der Waals surface area contributed by atoms with Crippen molar-refractivity contribution in [1.29, 1.82) is 0 Å². The van der Waals surface area contributed by atoms with Crippen molar-refractivity contribution in [2.24, 2.45) is 5.84 Å². The Labute approximate surface area is 133 Å². The maximum Gasteiger partial charge on any atom is 0.147 e. The van der Waals surface area contributed by atoms with Crippen LogP contribution in [0.4, 0.5) is 5.82 Å². The third-order valence-electron chi connectivity index (χ3n) is 2.81. The Morgan fingerprint density at radius 2 is 1.95 bits per heavy atom. The SMILES string of the molecule is Cc1c(NN)nc(C(C)(C)C)nc1Sc1ccc(Cl)cn1. The monoisotopic (exact) mass is 323 g/mol. The molecule has 112 valence electrons. The fraction of sp³-hybridized carbons (Fsp3) is 0.357. The van der Waals surface area contributed by atoms with Crippen molar-refractivity contribution in [2.45, 2.75) is 43.2 Å². The van der Waals surface area contributed by atoms with E-state index in [1.165, 1.54) is 11.8 Å². The lowest BCUT2D eigenvalue weighted by Gasteiger charge is -2.19. The van der Waals surface area contributed by atoms with E-state index in [1.54, 1.807) is 12.3 Å². The Morgan fingerprint density at radius 1 is 1.24 bits per heavy atom. The van der Waals surface area contributed by atoms with Gasteiger partial charge in [0.25, 0.3) is 0 Å². The van der Waals surface area contributed by atoms with Crippen molar-refractivity contribution in [3.8, 4) is 0 Å². The van der Waals surface area contributed by atoms with Crippen LogP contribution in [-0.4, -0.2) is 15.0 Å². The molecular formula is C14H18ClN5S. The molecule has 2 heterocycles. The minimum absolute atomic E-state index is 0.165. The van der Waals surface area contributed by atoms with Crippen molar-refractivity contribution in [3.05, 3.63) is 34.7 Å². The first-order chi connectivity index (χ1) is 9.81. The summed E-state index contributed by atoms with van der Waals surface area (Å²) in [5.41, 5.74) is 3.37. The van der Waals surface area contributed by atoms with E-state index in [4.69, 9.17) is 17.4 Å². The van der Waals surface area contributed by atoms with Gasteiger partial charge in [-0.2, -0.15) is 0 Å². The maximum atomic E-state index is 5.85.